The lowest BCUT2D eigenvalue weighted by Crippen LogP contribution is -2.66. The van der Waals surface area contributed by atoms with E-state index in [1.807, 2.05) is 0 Å². The first-order valence-electron chi connectivity index (χ1n) is 5.50. The third-order valence-corrected chi connectivity index (χ3v) is 4.06. The van der Waals surface area contributed by atoms with Crippen molar-refractivity contribution in [2.75, 3.05) is 0 Å². The lowest BCUT2D eigenvalue weighted by molar-refractivity contribution is -0.407. The van der Waals surface area contributed by atoms with Crippen LogP contribution in [0.4, 0.5) is 0 Å². The summed E-state index contributed by atoms with van der Waals surface area (Å²) < 4.78 is 0.279. The molecule has 0 saturated heterocycles. The van der Waals surface area contributed by atoms with Crippen LogP contribution in [0.3, 0.4) is 0 Å². The van der Waals surface area contributed by atoms with Crippen LogP contribution in [-0.4, -0.2) is 33.1 Å². The highest BCUT2D eigenvalue weighted by Crippen LogP contribution is 2.30. The van der Waals surface area contributed by atoms with Crippen LogP contribution in [0.1, 0.15) is 15.4 Å². The average molecular weight is 352 g/mol. The molecule has 2 aromatic heterocycles. The number of quaternary nitrogens is 1. The summed E-state index contributed by atoms with van der Waals surface area (Å²) in [5, 5.41) is 18.9. The fraction of sp³-hybridized carbons (Fsp3) is 0.182. The SMILES string of the molecule is O=C([O-])c1cc(Cl)c(Cl)s1.[NH3+]C(Cc1cnc[nH]1)C(=O)O. The lowest BCUT2D eigenvalue weighted by Gasteiger charge is -1.98. The van der Waals surface area contributed by atoms with Gasteiger partial charge < -0.3 is 25.7 Å². The third-order valence-electron chi connectivity index (χ3n) is 2.22. The highest BCUT2D eigenvalue weighted by Gasteiger charge is 2.16. The molecule has 7 nitrogen and oxygen atoms in total. The molecule has 0 saturated carbocycles. The van der Waals surface area contributed by atoms with Crippen LogP contribution in [0.2, 0.25) is 9.36 Å². The van der Waals surface area contributed by atoms with E-state index in [1.54, 1.807) is 6.20 Å². The number of aliphatic carboxylic acids is 1. The topological polar surface area (TPSA) is 134 Å². The van der Waals surface area contributed by atoms with Crippen molar-refractivity contribution >= 4 is 46.5 Å². The normalized spacial score (nSPS) is 11.4. The molecule has 5 N–H and O–H groups in total. The van der Waals surface area contributed by atoms with Crippen molar-refractivity contribution in [2.45, 2.75) is 12.5 Å². The first kappa shape index (κ1) is 17.4. The van der Waals surface area contributed by atoms with E-state index in [-0.39, 0.29) is 14.2 Å². The second kappa shape index (κ2) is 7.99. The number of aromatic carboxylic acids is 1. The van der Waals surface area contributed by atoms with E-state index in [0.29, 0.717) is 6.42 Å². The van der Waals surface area contributed by atoms with Crippen LogP contribution in [0.5, 0.6) is 0 Å². The summed E-state index contributed by atoms with van der Waals surface area (Å²) in [4.78, 5) is 27.1. The van der Waals surface area contributed by atoms with E-state index in [2.05, 4.69) is 15.7 Å². The highest BCUT2D eigenvalue weighted by molar-refractivity contribution is 7.18. The second-order valence-corrected chi connectivity index (χ2v) is 5.90. The van der Waals surface area contributed by atoms with Gasteiger partial charge in [-0.25, -0.2) is 9.78 Å². The Morgan fingerprint density at radius 2 is 2.19 bits per heavy atom. The van der Waals surface area contributed by atoms with Crippen LogP contribution >= 0.6 is 34.5 Å². The fourth-order valence-corrected chi connectivity index (χ4v) is 2.40. The predicted octanol–water partition coefficient (Wildman–Crippen LogP) is 0.0657. The summed E-state index contributed by atoms with van der Waals surface area (Å²) in [6.07, 6.45) is 3.51. The van der Waals surface area contributed by atoms with Gasteiger partial charge in [-0.2, -0.15) is 0 Å². The summed E-state index contributed by atoms with van der Waals surface area (Å²) in [7, 11) is 0. The Balaban J connectivity index is 0.000000211. The molecule has 0 spiro atoms. The van der Waals surface area contributed by atoms with Crippen LogP contribution in [0.15, 0.2) is 18.6 Å². The molecule has 10 heteroatoms. The van der Waals surface area contributed by atoms with E-state index in [0.717, 1.165) is 17.0 Å². The Hall–Kier alpha value is -1.61. The number of H-pyrrole nitrogens is 1. The zero-order valence-electron chi connectivity index (χ0n) is 10.5. The zero-order valence-corrected chi connectivity index (χ0v) is 12.8. The number of halogens is 2. The van der Waals surface area contributed by atoms with Gasteiger partial charge in [0.1, 0.15) is 4.34 Å². The molecule has 2 aromatic rings. The standard InChI is InChI=1S/C6H9N3O2.C5H2Cl2O2S/c7-5(6(10)11)1-4-2-8-3-9-4;6-2-1-3(5(8)9)10-4(2)7/h2-3,5H,1,7H2,(H,8,9)(H,10,11);1H,(H,8,9). The molecule has 0 aliphatic rings. The van der Waals surface area contributed by atoms with Crippen LogP contribution in [0, 0.1) is 0 Å². The summed E-state index contributed by atoms with van der Waals surface area (Å²) in [5.41, 5.74) is 4.26. The van der Waals surface area contributed by atoms with Crippen molar-refractivity contribution in [1.29, 1.82) is 0 Å². The van der Waals surface area contributed by atoms with E-state index >= 15 is 0 Å². The van der Waals surface area contributed by atoms with Crippen molar-refractivity contribution in [3.05, 3.63) is 38.5 Å². The number of hydrogen-bond acceptors (Lipinski definition) is 5. The zero-order chi connectivity index (χ0) is 16.0. The number of imidazole rings is 1. The molecule has 0 bridgehead atoms. The Bertz CT molecular complexity index is 596. The molecule has 0 aromatic carbocycles. The van der Waals surface area contributed by atoms with Crippen LogP contribution in [0.25, 0.3) is 0 Å². The van der Waals surface area contributed by atoms with Crippen molar-refractivity contribution in [2.24, 2.45) is 0 Å². The molecule has 114 valence electrons. The van der Waals surface area contributed by atoms with Crippen molar-refractivity contribution in [3.8, 4) is 0 Å². The lowest BCUT2D eigenvalue weighted by atomic mass is 10.2. The number of nitrogens with zero attached hydrogens (tertiary/aromatic N) is 1. The van der Waals surface area contributed by atoms with Gasteiger partial charge in [-0.1, -0.05) is 23.2 Å². The molecule has 0 aliphatic heterocycles. The minimum Gasteiger partial charge on any atom is -0.544 e. The molecular weight excluding hydrogens is 341 g/mol. The number of carbonyl (C=O) groups is 2. The van der Waals surface area contributed by atoms with E-state index in [1.165, 1.54) is 12.4 Å². The molecular formula is C11H11Cl2N3O4S. The molecule has 1 unspecified atom stereocenters. The van der Waals surface area contributed by atoms with Gasteiger partial charge in [0.25, 0.3) is 0 Å². The quantitative estimate of drug-likeness (QED) is 0.716. The number of thiophene rings is 1. The van der Waals surface area contributed by atoms with E-state index < -0.39 is 18.0 Å². The largest absolute Gasteiger partial charge is 0.544 e. The summed E-state index contributed by atoms with van der Waals surface area (Å²) >= 11 is 11.8. The minimum atomic E-state index is -1.25. The second-order valence-electron chi connectivity index (χ2n) is 3.84. The van der Waals surface area contributed by atoms with Gasteiger partial charge in [0.2, 0.25) is 0 Å². The molecule has 0 amide bonds. The first-order chi connectivity index (χ1) is 9.81. The molecule has 1 atom stereocenters. The van der Waals surface area contributed by atoms with E-state index in [9.17, 15) is 14.7 Å². The van der Waals surface area contributed by atoms with Crippen LogP contribution < -0.4 is 10.8 Å². The number of aromatic amines is 1. The number of rotatable bonds is 4. The summed E-state index contributed by atoms with van der Waals surface area (Å²) in [6, 6.07) is 0.666. The monoisotopic (exact) mass is 351 g/mol. The summed E-state index contributed by atoms with van der Waals surface area (Å²) in [5.74, 6) is -2.14. The van der Waals surface area contributed by atoms with Gasteiger partial charge in [0, 0.05) is 11.9 Å². The molecule has 0 fully saturated rings. The minimum absolute atomic E-state index is 0.0509. The average Bonchev–Trinajstić information content (AvgIpc) is 3.01. The van der Waals surface area contributed by atoms with Crippen molar-refractivity contribution in [1.82, 2.24) is 9.97 Å². The van der Waals surface area contributed by atoms with Gasteiger partial charge in [-0.15, -0.1) is 11.3 Å². The number of hydrogen-bond donors (Lipinski definition) is 3. The van der Waals surface area contributed by atoms with Gasteiger partial charge >= 0.3 is 5.97 Å². The number of carbonyl (C=O) groups excluding carboxylic acids is 1. The molecule has 0 aliphatic carbocycles. The molecule has 0 radical (unpaired) electrons. The van der Waals surface area contributed by atoms with Gasteiger partial charge in [0.05, 0.1) is 28.6 Å². The van der Waals surface area contributed by atoms with E-state index in [4.69, 9.17) is 28.3 Å². The van der Waals surface area contributed by atoms with Crippen molar-refractivity contribution < 1.29 is 25.5 Å². The number of carboxylic acids is 2. The number of carboxylic acid groups (broad SMARTS) is 2. The maximum atomic E-state index is 10.3. The highest BCUT2D eigenvalue weighted by atomic mass is 35.5. The van der Waals surface area contributed by atoms with Gasteiger partial charge in [-0.3, -0.25) is 0 Å². The van der Waals surface area contributed by atoms with Crippen molar-refractivity contribution in [3.63, 3.8) is 0 Å². The summed E-state index contributed by atoms with van der Waals surface area (Å²) in [6.45, 7) is 0. The van der Waals surface area contributed by atoms with Crippen LogP contribution in [-0.2, 0) is 11.2 Å². The smallest absolute Gasteiger partial charge is 0.362 e. The molecule has 21 heavy (non-hydrogen) atoms. The number of nitrogens with one attached hydrogen (secondary N) is 1. The Kier molecular flexibility index (Phi) is 6.63. The maximum Gasteiger partial charge on any atom is 0.362 e. The molecule has 2 heterocycles. The van der Waals surface area contributed by atoms with Gasteiger partial charge in [-0.05, 0) is 6.07 Å². The Morgan fingerprint density at radius 1 is 1.52 bits per heavy atom. The Morgan fingerprint density at radius 3 is 2.52 bits per heavy atom. The molecule has 2 rings (SSSR count). The first-order valence-corrected chi connectivity index (χ1v) is 7.07. The number of aromatic nitrogens is 2. The van der Waals surface area contributed by atoms with Gasteiger partial charge in [0.15, 0.2) is 6.04 Å². The Labute approximate surface area is 133 Å². The maximum absolute atomic E-state index is 10.3. The third kappa shape index (κ3) is 5.72. The fourth-order valence-electron chi connectivity index (χ4n) is 1.20. The predicted molar refractivity (Wildman–Crippen MR) is 75.3 cm³/mol.